The molecule has 1 aromatic rings. The number of nitrogens with zero attached hydrogens (tertiary/aromatic N) is 2. The van der Waals surface area contributed by atoms with Crippen LogP contribution in [0.1, 0.15) is 29.7 Å². The highest BCUT2D eigenvalue weighted by molar-refractivity contribution is 7.10. The summed E-state index contributed by atoms with van der Waals surface area (Å²) in [5.41, 5.74) is 0.992. The average Bonchev–Trinajstić information content (AvgIpc) is 2.96. The monoisotopic (exact) mass is 306 g/mol. The molecule has 2 saturated heterocycles. The van der Waals surface area contributed by atoms with Crippen molar-refractivity contribution in [2.24, 2.45) is 0 Å². The van der Waals surface area contributed by atoms with Crippen molar-refractivity contribution in [3.05, 3.63) is 28.0 Å². The minimum Gasteiger partial charge on any atom is -0.478 e. The van der Waals surface area contributed by atoms with Crippen molar-refractivity contribution in [3.8, 4) is 0 Å². The van der Waals surface area contributed by atoms with Gasteiger partial charge in [-0.15, -0.1) is 11.3 Å². The Labute approximate surface area is 129 Å². The lowest BCUT2D eigenvalue weighted by molar-refractivity contribution is -0.131. The van der Waals surface area contributed by atoms with Crippen LogP contribution in [-0.2, 0) is 11.3 Å². The van der Waals surface area contributed by atoms with E-state index in [0.717, 1.165) is 24.7 Å². The van der Waals surface area contributed by atoms with E-state index in [-0.39, 0.29) is 0 Å². The number of fused-ring (bicyclic) bond motifs is 2. The van der Waals surface area contributed by atoms with E-state index in [9.17, 15) is 4.79 Å². The van der Waals surface area contributed by atoms with E-state index in [1.54, 1.807) is 17.4 Å². The van der Waals surface area contributed by atoms with Gasteiger partial charge < -0.3 is 5.11 Å². The topological polar surface area (TPSA) is 43.8 Å². The highest BCUT2D eigenvalue weighted by Crippen LogP contribution is 2.29. The molecule has 21 heavy (non-hydrogen) atoms. The summed E-state index contributed by atoms with van der Waals surface area (Å²) < 4.78 is 0. The molecular weight excluding hydrogens is 284 g/mol. The number of rotatable bonds is 4. The standard InChI is InChI=1S/C16H22N2O2S/c1-17-13-3-4-14(17)9-18(7-6-13)10-15-8-12(11-21-15)2-5-16(19)20/h2,5,8,11,13-14H,3-4,6-7,9-10H2,1H3,(H,19,20). The highest BCUT2D eigenvalue weighted by Gasteiger charge is 2.34. The lowest BCUT2D eigenvalue weighted by Crippen LogP contribution is -2.36. The second kappa shape index (κ2) is 6.30. The number of carbonyl (C=O) groups is 1. The van der Waals surface area contributed by atoms with Crippen molar-refractivity contribution in [2.45, 2.75) is 37.9 Å². The molecule has 114 valence electrons. The van der Waals surface area contributed by atoms with E-state index in [0.29, 0.717) is 6.04 Å². The van der Waals surface area contributed by atoms with E-state index >= 15 is 0 Å². The van der Waals surface area contributed by atoms with Crippen LogP contribution in [0.3, 0.4) is 0 Å². The first-order valence-electron chi connectivity index (χ1n) is 7.54. The Morgan fingerprint density at radius 3 is 3.05 bits per heavy atom. The van der Waals surface area contributed by atoms with Gasteiger partial charge in [0, 0.05) is 42.7 Å². The van der Waals surface area contributed by atoms with Crippen molar-refractivity contribution in [1.29, 1.82) is 0 Å². The number of likely N-dealkylation sites (N-methyl/N-ethyl adjacent to an activating group) is 1. The molecule has 1 aromatic heterocycles. The maximum absolute atomic E-state index is 10.5. The van der Waals surface area contributed by atoms with Crippen LogP contribution in [0.15, 0.2) is 17.5 Å². The normalized spacial score (nSPS) is 27.3. The van der Waals surface area contributed by atoms with Gasteiger partial charge in [-0.05, 0) is 49.4 Å². The molecule has 0 saturated carbocycles. The van der Waals surface area contributed by atoms with Crippen molar-refractivity contribution in [1.82, 2.24) is 9.80 Å². The zero-order valence-electron chi connectivity index (χ0n) is 12.4. The number of thiophene rings is 1. The summed E-state index contributed by atoms with van der Waals surface area (Å²) in [6, 6.07) is 3.60. The van der Waals surface area contributed by atoms with E-state index in [2.05, 4.69) is 22.9 Å². The Hall–Kier alpha value is -1.17. The van der Waals surface area contributed by atoms with Gasteiger partial charge >= 0.3 is 5.97 Å². The number of carboxylic acid groups (broad SMARTS) is 1. The van der Waals surface area contributed by atoms with Gasteiger partial charge in [-0.2, -0.15) is 0 Å². The summed E-state index contributed by atoms with van der Waals surface area (Å²) in [6.45, 7) is 3.32. The summed E-state index contributed by atoms with van der Waals surface area (Å²) in [7, 11) is 2.27. The van der Waals surface area contributed by atoms with E-state index < -0.39 is 5.97 Å². The zero-order chi connectivity index (χ0) is 14.8. The van der Waals surface area contributed by atoms with Crippen molar-refractivity contribution >= 4 is 23.4 Å². The molecule has 0 aliphatic carbocycles. The zero-order valence-corrected chi connectivity index (χ0v) is 13.2. The summed E-state index contributed by atoms with van der Waals surface area (Å²) in [6.07, 6.45) is 6.82. The van der Waals surface area contributed by atoms with Crippen molar-refractivity contribution in [2.75, 3.05) is 20.1 Å². The second-order valence-electron chi connectivity index (χ2n) is 6.09. The second-order valence-corrected chi connectivity index (χ2v) is 7.09. The number of likely N-dealkylation sites (tertiary alicyclic amines) is 1. The van der Waals surface area contributed by atoms with E-state index in [1.807, 2.05) is 5.38 Å². The Morgan fingerprint density at radius 2 is 2.24 bits per heavy atom. The molecule has 2 unspecified atom stereocenters. The molecule has 2 atom stereocenters. The summed E-state index contributed by atoms with van der Waals surface area (Å²) in [5, 5.41) is 10.7. The van der Waals surface area contributed by atoms with Crippen molar-refractivity contribution < 1.29 is 9.90 Å². The molecule has 3 heterocycles. The predicted molar refractivity (Wildman–Crippen MR) is 85.5 cm³/mol. The fourth-order valence-electron chi connectivity index (χ4n) is 3.48. The van der Waals surface area contributed by atoms with Gasteiger partial charge in [0.1, 0.15) is 0 Å². The average molecular weight is 306 g/mol. The minimum atomic E-state index is -0.894. The molecule has 0 radical (unpaired) electrons. The first kappa shape index (κ1) is 14.8. The first-order valence-corrected chi connectivity index (χ1v) is 8.42. The third-order valence-corrected chi connectivity index (χ3v) is 5.64. The molecule has 1 N–H and O–H groups in total. The third kappa shape index (κ3) is 3.54. The quantitative estimate of drug-likeness (QED) is 0.868. The maximum Gasteiger partial charge on any atom is 0.328 e. The SMILES string of the molecule is CN1C2CCC1CN(Cc1cc(C=CC(=O)O)cs1)CC2. The number of aliphatic carboxylic acids is 1. The largest absolute Gasteiger partial charge is 0.478 e. The number of hydrogen-bond acceptors (Lipinski definition) is 4. The Morgan fingerprint density at radius 1 is 1.43 bits per heavy atom. The van der Waals surface area contributed by atoms with Crippen molar-refractivity contribution in [3.63, 3.8) is 0 Å². The van der Waals surface area contributed by atoms with Crippen LogP contribution in [0.25, 0.3) is 6.08 Å². The fourth-order valence-corrected chi connectivity index (χ4v) is 4.37. The molecule has 0 amide bonds. The van der Waals surface area contributed by atoms with Crippen LogP contribution in [-0.4, -0.2) is 53.1 Å². The molecule has 2 aliphatic heterocycles. The van der Waals surface area contributed by atoms with Crippen LogP contribution in [0.4, 0.5) is 0 Å². The molecule has 5 heteroatoms. The summed E-state index contributed by atoms with van der Waals surface area (Å²) in [5.74, 6) is -0.894. The van der Waals surface area contributed by atoms with E-state index in [1.165, 1.54) is 36.8 Å². The molecule has 0 aromatic carbocycles. The first-order chi connectivity index (χ1) is 10.1. The Bertz CT molecular complexity index is 540. The third-order valence-electron chi connectivity index (χ3n) is 4.70. The van der Waals surface area contributed by atoms with Gasteiger partial charge in [0.25, 0.3) is 0 Å². The van der Waals surface area contributed by atoms with Gasteiger partial charge in [0.2, 0.25) is 0 Å². The molecule has 3 rings (SSSR count). The lowest BCUT2D eigenvalue weighted by atomic mass is 10.1. The number of carboxylic acids is 1. The number of hydrogen-bond donors (Lipinski definition) is 1. The van der Waals surface area contributed by atoms with Crippen LogP contribution < -0.4 is 0 Å². The molecular formula is C16H22N2O2S. The summed E-state index contributed by atoms with van der Waals surface area (Å²) in [4.78, 5) is 17.0. The summed E-state index contributed by atoms with van der Waals surface area (Å²) >= 11 is 1.72. The van der Waals surface area contributed by atoms with Gasteiger partial charge in [0.15, 0.2) is 0 Å². The molecule has 2 aliphatic rings. The Kier molecular flexibility index (Phi) is 4.42. The van der Waals surface area contributed by atoms with Gasteiger partial charge in [-0.25, -0.2) is 4.79 Å². The molecule has 0 spiro atoms. The fraction of sp³-hybridized carbons (Fsp3) is 0.562. The Balaban J connectivity index is 1.60. The van der Waals surface area contributed by atoms with Crippen LogP contribution in [0, 0.1) is 0 Å². The molecule has 4 nitrogen and oxygen atoms in total. The van der Waals surface area contributed by atoms with Gasteiger partial charge in [0.05, 0.1) is 0 Å². The maximum atomic E-state index is 10.5. The molecule has 2 fully saturated rings. The lowest BCUT2D eigenvalue weighted by Gasteiger charge is -2.25. The minimum absolute atomic E-state index is 0.712. The van der Waals surface area contributed by atoms with Crippen LogP contribution in [0.2, 0.25) is 0 Å². The predicted octanol–water partition coefficient (Wildman–Crippen LogP) is 2.51. The van der Waals surface area contributed by atoms with E-state index in [4.69, 9.17) is 5.11 Å². The van der Waals surface area contributed by atoms with Crippen LogP contribution >= 0.6 is 11.3 Å². The molecule has 2 bridgehead atoms. The van der Waals surface area contributed by atoms with Gasteiger partial charge in [-0.3, -0.25) is 9.80 Å². The highest BCUT2D eigenvalue weighted by atomic mass is 32.1. The van der Waals surface area contributed by atoms with Crippen LogP contribution in [0.5, 0.6) is 0 Å². The van der Waals surface area contributed by atoms with Gasteiger partial charge in [-0.1, -0.05) is 0 Å². The smallest absolute Gasteiger partial charge is 0.328 e.